The normalized spacial score (nSPS) is 11.9. The van der Waals surface area contributed by atoms with Crippen LogP contribution in [0.3, 0.4) is 0 Å². The number of amides is 1. The standard InChI is InChI=1S/C13H23N3O4/c1-13(2,3)10-8-12(20-15-10)14-11(19)9-16(4-6-17)5-7-18/h8,17-18H,4-7,9H2,1-3H3,(H,14,19). The molecule has 0 aliphatic heterocycles. The van der Waals surface area contributed by atoms with Gasteiger partial charge in [0, 0.05) is 24.6 Å². The molecule has 114 valence electrons. The van der Waals surface area contributed by atoms with Crippen molar-refractivity contribution < 1.29 is 19.5 Å². The maximum absolute atomic E-state index is 11.8. The molecule has 0 saturated heterocycles. The molecule has 20 heavy (non-hydrogen) atoms. The van der Waals surface area contributed by atoms with Crippen LogP contribution in [0.25, 0.3) is 0 Å². The molecule has 0 fully saturated rings. The SMILES string of the molecule is CC(C)(C)c1cc(NC(=O)CN(CCO)CCO)on1. The molecule has 0 aliphatic rings. The van der Waals surface area contributed by atoms with Crippen LogP contribution in [0.5, 0.6) is 0 Å². The van der Waals surface area contributed by atoms with Crippen LogP contribution in [0.15, 0.2) is 10.6 Å². The Balaban J connectivity index is 2.55. The first kappa shape index (κ1) is 16.6. The van der Waals surface area contributed by atoms with E-state index in [-0.39, 0.29) is 31.1 Å². The number of carbonyl (C=O) groups excluding carboxylic acids is 1. The number of aliphatic hydroxyl groups is 2. The van der Waals surface area contributed by atoms with Crippen LogP contribution < -0.4 is 5.32 Å². The molecular weight excluding hydrogens is 262 g/mol. The van der Waals surface area contributed by atoms with E-state index in [4.69, 9.17) is 14.7 Å². The zero-order valence-corrected chi connectivity index (χ0v) is 12.2. The maximum Gasteiger partial charge on any atom is 0.240 e. The molecule has 1 rings (SSSR count). The van der Waals surface area contributed by atoms with Gasteiger partial charge in [-0.2, -0.15) is 0 Å². The van der Waals surface area contributed by atoms with Gasteiger partial charge in [-0.25, -0.2) is 0 Å². The molecule has 0 radical (unpaired) electrons. The van der Waals surface area contributed by atoms with Crippen molar-refractivity contribution in [2.45, 2.75) is 26.2 Å². The Labute approximate surface area is 118 Å². The lowest BCUT2D eigenvalue weighted by Gasteiger charge is -2.18. The summed E-state index contributed by atoms with van der Waals surface area (Å²) in [4.78, 5) is 13.5. The van der Waals surface area contributed by atoms with Crippen molar-refractivity contribution in [3.8, 4) is 0 Å². The van der Waals surface area contributed by atoms with E-state index in [1.807, 2.05) is 20.8 Å². The van der Waals surface area contributed by atoms with E-state index in [0.717, 1.165) is 5.69 Å². The summed E-state index contributed by atoms with van der Waals surface area (Å²) in [5, 5.41) is 24.3. The van der Waals surface area contributed by atoms with Gasteiger partial charge in [-0.05, 0) is 0 Å². The first-order valence-corrected chi connectivity index (χ1v) is 6.58. The van der Waals surface area contributed by atoms with Gasteiger partial charge >= 0.3 is 0 Å². The van der Waals surface area contributed by atoms with Crippen molar-refractivity contribution in [2.75, 3.05) is 38.2 Å². The molecule has 1 amide bonds. The van der Waals surface area contributed by atoms with Gasteiger partial charge in [0.1, 0.15) is 0 Å². The minimum Gasteiger partial charge on any atom is -0.395 e. The average Bonchev–Trinajstić information content (AvgIpc) is 2.77. The van der Waals surface area contributed by atoms with E-state index in [0.29, 0.717) is 19.0 Å². The summed E-state index contributed by atoms with van der Waals surface area (Å²) >= 11 is 0. The van der Waals surface area contributed by atoms with Gasteiger partial charge in [0.05, 0.1) is 25.5 Å². The van der Waals surface area contributed by atoms with Crippen molar-refractivity contribution >= 4 is 11.8 Å². The van der Waals surface area contributed by atoms with E-state index in [1.54, 1.807) is 11.0 Å². The Bertz CT molecular complexity index is 419. The largest absolute Gasteiger partial charge is 0.395 e. The average molecular weight is 285 g/mol. The van der Waals surface area contributed by atoms with E-state index in [9.17, 15) is 4.79 Å². The van der Waals surface area contributed by atoms with Crippen molar-refractivity contribution in [1.29, 1.82) is 0 Å². The highest BCUT2D eigenvalue weighted by atomic mass is 16.5. The second-order valence-corrected chi connectivity index (χ2v) is 5.60. The van der Waals surface area contributed by atoms with Crippen LogP contribution in [-0.2, 0) is 10.2 Å². The number of rotatable bonds is 7. The summed E-state index contributed by atoms with van der Waals surface area (Å²) in [6.45, 7) is 6.61. The summed E-state index contributed by atoms with van der Waals surface area (Å²) in [6.07, 6.45) is 0. The fourth-order valence-corrected chi connectivity index (χ4v) is 1.62. The molecule has 7 heteroatoms. The lowest BCUT2D eigenvalue weighted by atomic mass is 9.92. The molecule has 0 aromatic carbocycles. The maximum atomic E-state index is 11.8. The molecule has 0 bridgehead atoms. The topological polar surface area (TPSA) is 98.8 Å². The summed E-state index contributed by atoms with van der Waals surface area (Å²) in [6, 6.07) is 1.69. The Morgan fingerprint density at radius 1 is 1.35 bits per heavy atom. The molecule has 7 nitrogen and oxygen atoms in total. The van der Waals surface area contributed by atoms with Gasteiger partial charge in [-0.3, -0.25) is 15.0 Å². The Kier molecular flexibility index (Phi) is 6.12. The highest BCUT2D eigenvalue weighted by Crippen LogP contribution is 2.23. The molecule has 0 saturated carbocycles. The van der Waals surface area contributed by atoms with Crippen LogP contribution in [-0.4, -0.2) is 59.0 Å². The van der Waals surface area contributed by atoms with Crippen LogP contribution in [0.1, 0.15) is 26.5 Å². The number of hydrogen-bond acceptors (Lipinski definition) is 6. The molecule has 0 unspecified atom stereocenters. The predicted molar refractivity (Wildman–Crippen MR) is 74.4 cm³/mol. The van der Waals surface area contributed by atoms with Gasteiger partial charge in [0.25, 0.3) is 0 Å². The highest BCUT2D eigenvalue weighted by molar-refractivity contribution is 5.90. The Hall–Kier alpha value is -1.44. The summed E-state index contributed by atoms with van der Waals surface area (Å²) in [5.41, 5.74) is 0.613. The lowest BCUT2D eigenvalue weighted by molar-refractivity contribution is -0.117. The number of anilines is 1. The molecule has 1 heterocycles. The highest BCUT2D eigenvalue weighted by Gasteiger charge is 2.20. The minimum atomic E-state index is -0.275. The first-order valence-electron chi connectivity index (χ1n) is 6.58. The van der Waals surface area contributed by atoms with E-state index >= 15 is 0 Å². The second kappa shape index (κ2) is 7.37. The molecule has 1 aromatic heterocycles. The number of aliphatic hydroxyl groups excluding tert-OH is 2. The Morgan fingerprint density at radius 2 is 1.95 bits per heavy atom. The van der Waals surface area contributed by atoms with Crippen LogP contribution >= 0.6 is 0 Å². The monoisotopic (exact) mass is 285 g/mol. The molecule has 3 N–H and O–H groups in total. The quantitative estimate of drug-likeness (QED) is 0.662. The van der Waals surface area contributed by atoms with Crippen molar-refractivity contribution in [2.24, 2.45) is 0 Å². The van der Waals surface area contributed by atoms with Crippen molar-refractivity contribution in [1.82, 2.24) is 10.1 Å². The minimum absolute atomic E-state index is 0.0657. The number of aromatic nitrogens is 1. The van der Waals surface area contributed by atoms with E-state index in [1.165, 1.54) is 0 Å². The molecule has 0 aliphatic carbocycles. The zero-order valence-electron chi connectivity index (χ0n) is 12.2. The second-order valence-electron chi connectivity index (χ2n) is 5.60. The fourth-order valence-electron chi connectivity index (χ4n) is 1.62. The van der Waals surface area contributed by atoms with E-state index in [2.05, 4.69) is 10.5 Å². The Morgan fingerprint density at radius 3 is 2.40 bits per heavy atom. The van der Waals surface area contributed by atoms with E-state index < -0.39 is 0 Å². The van der Waals surface area contributed by atoms with Gasteiger partial charge < -0.3 is 14.7 Å². The number of nitrogens with zero attached hydrogens (tertiary/aromatic N) is 2. The number of hydrogen-bond donors (Lipinski definition) is 3. The molecule has 1 aromatic rings. The fraction of sp³-hybridized carbons (Fsp3) is 0.692. The van der Waals surface area contributed by atoms with Crippen LogP contribution in [0, 0.1) is 0 Å². The van der Waals surface area contributed by atoms with Crippen LogP contribution in [0.2, 0.25) is 0 Å². The molecule has 0 spiro atoms. The van der Waals surface area contributed by atoms with Gasteiger partial charge in [0.2, 0.25) is 11.8 Å². The third-order valence-electron chi connectivity index (χ3n) is 2.74. The summed E-state index contributed by atoms with van der Waals surface area (Å²) in [7, 11) is 0. The van der Waals surface area contributed by atoms with Gasteiger partial charge in [0.15, 0.2) is 0 Å². The number of carbonyl (C=O) groups is 1. The van der Waals surface area contributed by atoms with Crippen LogP contribution in [0.4, 0.5) is 5.88 Å². The predicted octanol–water partition coefficient (Wildman–Crippen LogP) is 0.197. The smallest absolute Gasteiger partial charge is 0.240 e. The lowest BCUT2D eigenvalue weighted by Crippen LogP contribution is -2.37. The van der Waals surface area contributed by atoms with Gasteiger partial charge in [-0.1, -0.05) is 25.9 Å². The molecule has 0 atom stereocenters. The third-order valence-corrected chi connectivity index (χ3v) is 2.74. The zero-order chi connectivity index (χ0) is 15.2. The first-order chi connectivity index (χ1) is 9.36. The number of nitrogens with one attached hydrogen (secondary N) is 1. The van der Waals surface area contributed by atoms with Crippen molar-refractivity contribution in [3.05, 3.63) is 11.8 Å². The molecular formula is C13H23N3O4. The third kappa shape index (κ3) is 5.28. The summed E-state index contributed by atoms with van der Waals surface area (Å²) in [5.74, 6) is 0.0244. The summed E-state index contributed by atoms with van der Waals surface area (Å²) < 4.78 is 5.06. The van der Waals surface area contributed by atoms with Crippen molar-refractivity contribution in [3.63, 3.8) is 0 Å². The van der Waals surface area contributed by atoms with Gasteiger partial charge in [-0.15, -0.1) is 0 Å².